The molecule has 0 fully saturated rings. The third-order valence-electron chi connectivity index (χ3n) is 3.81. The maximum atomic E-state index is 13.2. The van der Waals surface area contributed by atoms with Gasteiger partial charge in [0, 0.05) is 18.5 Å². The number of hydrogen-bond acceptors (Lipinski definition) is 6. The molecular formula is C18H19F2N3O6S. The van der Waals surface area contributed by atoms with Crippen molar-refractivity contribution in [2.75, 3.05) is 20.8 Å². The van der Waals surface area contributed by atoms with E-state index in [0.29, 0.717) is 23.6 Å². The summed E-state index contributed by atoms with van der Waals surface area (Å²) in [6, 6.07) is 6.49. The first-order valence-electron chi connectivity index (χ1n) is 8.44. The highest BCUT2D eigenvalue weighted by Gasteiger charge is 2.17. The third kappa shape index (κ3) is 5.87. The Balaban J connectivity index is 1.85. The SMILES string of the molecule is COc1ccc(C(=O)NNC(=O)CCNS(=O)(=O)c2ccc(F)c(F)c2)cc1OC. The van der Waals surface area contributed by atoms with Crippen molar-refractivity contribution in [1.29, 1.82) is 0 Å². The molecule has 0 aliphatic heterocycles. The second-order valence-corrected chi connectivity index (χ2v) is 7.56. The molecular weight excluding hydrogens is 424 g/mol. The van der Waals surface area contributed by atoms with Crippen LogP contribution in [0.15, 0.2) is 41.3 Å². The molecule has 0 atom stereocenters. The van der Waals surface area contributed by atoms with E-state index in [2.05, 4.69) is 15.6 Å². The predicted molar refractivity (Wildman–Crippen MR) is 101 cm³/mol. The molecule has 30 heavy (non-hydrogen) atoms. The van der Waals surface area contributed by atoms with E-state index in [1.54, 1.807) is 0 Å². The van der Waals surface area contributed by atoms with Crippen LogP contribution < -0.4 is 25.0 Å². The normalized spacial score (nSPS) is 10.9. The Bertz CT molecular complexity index is 1050. The zero-order valence-electron chi connectivity index (χ0n) is 16.0. The minimum Gasteiger partial charge on any atom is -0.493 e. The van der Waals surface area contributed by atoms with E-state index < -0.39 is 38.4 Å². The van der Waals surface area contributed by atoms with Crippen LogP contribution in [0.2, 0.25) is 0 Å². The van der Waals surface area contributed by atoms with Gasteiger partial charge < -0.3 is 9.47 Å². The van der Waals surface area contributed by atoms with Gasteiger partial charge in [-0.1, -0.05) is 0 Å². The third-order valence-corrected chi connectivity index (χ3v) is 5.27. The number of hydrogen-bond donors (Lipinski definition) is 3. The molecule has 0 radical (unpaired) electrons. The first-order valence-corrected chi connectivity index (χ1v) is 9.92. The molecule has 2 rings (SSSR count). The molecule has 0 unspecified atom stereocenters. The molecule has 0 aliphatic carbocycles. The van der Waals surface area contributed by atoms with Crippen LogP contribution >= 0.6 is 0 Å². The fraction of sp³-hybridized carbons (Fsp3) is 0.222. The molecule has 0 saturated heterocycles. The van der Waals surface area contributed by atoms with Gasteiger partial charge in [-0.05, 0) is 36.4 Å². The Labute approximate surface area is 171 Å². The highest BCUT2D eigenvalue weighted by atomic mass is 32.2. The lowest BCUT2D eigenvalue weighted by Gasteiger charge is -2.11. The molecule has 0 saturated carbocycles. The van der Waals surface area contributed by atoms with E-state index in [-0.39, 0.29) is 18.5 Å². The number of ether oxygens (including phenoxy) is 2. The van der Waals surface area contributed by atoms with E-state index in [1.807, 2.05) is 0 Å². The van der Waals surface area contributed by atoms with Crippen LogP contribution in [0.5, 0.6) is 11.5 Å². The van der Waals surface area contributed by atoms with Crippen LogP contribution in [-0.4, -0.2) is 41.0 Å². The van der Waals surface area contributed by atoms with Crippen LogP contribution in [0, 0.1) is 11.6 Å². The lowest BCUT2D eigenvalue weighted by Crippen LogP contribution is -2.42. The van der Waals surface area contributed by atoms with E-state index in [1.165, 1.54) is 32.4 Å². The van der Waals surface area contributed by atoms with Gasteiger partial charge >= 0.3 is 0 Å². The number of benzene rings is 2. The van der Waals surface area contributed by atoms with E-state index in [9.17, 15) is 26.8 Å². The average Bonchev–Trinajstić information content (AvgIpc) is 2.73. The monoisotopic (exact) mass is 443 g/mol. The van der Waals surface area contributed by atoms with Crippen molar-refractivity contribution >= 4 is 21.8 Å². The first-order chi connectivity index (χ1) is 14.2. The predicted octanol–water partition coefficient (Wildman–Crippen LogP) is 1.11. The maximum Gasteiger partial charge on any atom is 0.269 e. The summed E-state index contributed by atoms with van der Waals surface area (Å²) >= 11 is 0. The highest BCUT2D eigenvalue weighted by Crippen LogP contribution is 2.27. The molecule has 0 spiro atoms. The molecule has 0 heterocycles. The zero-order valence-corrected chi connectivity index (χ0v) is 16.8. The van der Waals surface area contributed by atoms with Gasteiger partial charge in [0.1, 0.15) is 0 Å². The highest BCUT2D eigenvalue weighted by molar-refractivity contribution is 7.89. The van der Waals surface area contributed by atoms with Crippen molar-refractivity contribution in [3.63, 3.8) is 0 Å². The minimum atomic E-state index is -4.13. The first kappa shape index (κ1) is 23.0. The molecule has 9 nitrogen and oxygen atoms in total. The molecule has 2 aromatic rings. The van der Waals surface area contributed by atoms with Gasteiger partial charge in [-0.3, -0.25) is 20.4 Å². The summed E-state index contributed by atoms with van der Waals surface area (Å²) in [5, 5.41) is 0. The summed E-state index contributed by atoms with van der Waals surface area (Å²) in [6.45, 7) is -0.334. The van der Waals surface area contributed by atoms with E-state index >= 15 is 0 Å². The number of carbonyl (C=O) groups is 2. The average molecular weight is 443 g/mol. The van der Waals surface area contributed by atoms with Crippen molar-refractivity contribution in [3.8, 4) is 11.5 Å². The summed E-state index contributed by atoms with van der Waals surface area (Å²) in [7, 11) is -1.29. The number of carbonyl (C=O) groups excluding carboxylic acids is 2. The molecule has 2 amide bonds. The van der Waals surface area contributed by atoms with Crippen LogP contribution in [0.4, 0.5) is 8.78 Å². The van der Waals surface area contributed by atoms with Gasteiger partial charge in [0.15, 0.2) is 23.1 Å². The van der Waals surface area contributed by atoms with Crippen LogP contribution in [0.1, 0.15) is 16.8 Å². The fourth-order valence-electron chi connectivity index (χ4n) is 2.26. The summed E-state index contributed by atoms with van der Waals surface area (Å²) in [5.74, 6) is -3.06. The maximum absolute atomic E-state index is 13.2. The van der Waals surface area contributed by atoms with Crippen molar-refractivity contribution < 1.29 is 36.3 Å². The van der Waals surface area contributed by atoms with Gasteiger partial charge in [-0.2, -0.15) is 0 Å². The number of methoxy groups -OCH3 is 2. The summed E-state index contributed by atoms with van der Waals surface area (Å²) < 4.78 is 62.3. The van der Waals surface area contributed by atoms with E-state index in [4.69, 9.17) is 9.47 Å². The van der Waals surface area contributed by atoms with Crippen molar-refractivity contribution in [1.82, 2.24) is 15.6 Å². The Hall–Kier alpha value is -3.25. The van der Waals surface area contributed by atoms with Gasteiger partial charge in [-0.25, -0.2) is 21.9 Å². The molecule has 0 bridgehead atoms. The largest absolute Gasteiger partial charge is 0.493 e. The Kier molecular flexibility index (Phi) is 7.66. The Morgan fingerprint density at radius 1 is 0.933 bits per heavy atom. The smallest absolute Gasteiger partial charge is 0.269 e. The second-order valence-electron chi connectivity index (χ2n) is 5.80. The number of halogens is 2. The zero-order chi connectivity index (χ0) is 22.3. The second kappa shape index (κ2) is 9.98. The quantitative estimate of drug-likeness (QED) is 0.526. The van der Waals surface area contributed by atoms with Crippen molar-refractivity contribution in [3.05, 3.63) is 53.6 Å². The lowest BCUT2D eigenvalue weighted by atomic mass is 10.2. The number of rotatable bonds is 8. The van der Waals surface area contributed by atoms with Gasteiger partial charge in [0.25, 0.3) is 5.91 Å². The molecule has 12 heteroatoms. The number of sulfonamides is 1. The van der Waals surface area contributed by atoms with Crippen molar-refractivity contribution in [2.45, 2.75) is 11.3 Å². The van der Waals surface area contributed by atoms with Crippen LogP contribution in [-0.2, 0) is 14.8 Å². The minimum absolute atomic E-state index is 0.187. The molecule has 0 aromatic heterocycles. The molecule has 162 valence electrons. The lowest BCUT2D eigenvalue weighted by molar-refractivity contribution is -0.121. The van der Waals surface area contributed by atoms with Crippen LogP contribution in [0.3, 0.4) is 0 Å². The molecule has 0 aliphatic rings. The fourth-order valence-corrected chi connectivity index (χ4v) is 3.31. The summed E-state index contributed by atoms with van der Waals surface area (Å²) in [4.78, 5) is 23.4. The van der Waals surface area contributed by atoms with Gasteiger partial charge in [-0.15, -0.1) is 0 Å². The number of nitrogens with one attached hydrogen (secondary N) is 3. The molecule has 2 aromatic carbocycles. The summed E-state index contributed by atoms with van der Waals surface area (Å²) in [6.07, 6.45) is -0.324. The van der Waals surface area contributed by atoms with Crippen molar-refractivity contribution in [2.24, 2.45) is 0 Å². The van der Waals surface area contributed by atoms with E-state index in [0.717, 1.165) is 6.07 Å². The summed E-state index contributed by atoms with van der Waals surface area (Å²) in [5.41, 5.74) is 4.50. The Morgan fingerprint density at radius 2 is 1.63 bits per heavy atom. The van der Waals surface area contributed by atoms with Crippen LogP contribution in [0.25, 0.3) is 0 Å². The van der Waals surface area contributed by atoms with Gasteiger partial charge in [0.2, 0.25) is 15.9 Å². The number of hydrazine groups is 1. The Morgan fingerprint density at radius 3 is 2.27 bits per heavy atom. The van der Waals surface area contributed by atoms with Gasteiger partial charge in [0.05, 0.1) is 19.1 Å². The standard InChI is InChI=1S/C18H19F2N3O6S/c1-28-15-6-3-11(9-16(15)29-2)18(25)23-22-17(24)7-8-21-30(26,27)12-4-5-13(19)14(20)10-12/h3-6,9-10,21H,7-8H2,1-2H3,(H,22,24)(H,23,25). The molecule has 3 N–H and O–H groups in total. The number of amides is 2. The topological polar surface area (TPSA) is 123 Å².